The van der Waals surface area contributed by atoms with Crippen LogP contribution in [-0.4, -0.2) is 64.4 Å². The van der Waals surface area contributed by atoms with Crippen molar-refractivity contribution < 1.29 is 9.47 Å². The number of nitrogens with one attached hydrogen (secondary N) is 2. The number of ether oxygens (including phenoxy) is 2. The van der Waals surface area contributed by atoms with Crippen molar-refractivity contribution in [2.45, 2.75) is 26.3 Å². The molecule has 1 aliphatic rings. The number of hydrogen-bond donors (Lipinski definition) is 2. The van der Waals surface area contributed by atoms with Gasteiger partial charge in [0.1, 0.15) is 5.75 Å². The van der Waals surface area contributed by atoms with Crippen molar-refractivity contribution in [1.29, 1.82) is 0 Å². The number of nitrogens with zero attached hydrogens (tertiary/aromatic N) is 2. The lowest BCUT2D eigenvalue weighted by atomic mass is 10.0. The molecule has 1 heterocycles. The number of morpholine rings is 1. The molecule has 1 saturated heterocycles. The number of aliphatic imine (C=N–C) groups is 1. The molecule has 0 saturated carbocycles. The Morgan fingerprint density at radius 1 is 1.19 bits per heavy atom. The smallest absolute Gasteiger partial charge is 0.191 e. The topological polar surface area (TPSA) is 58.1 Å². The highest BCUT2D eigenvalue weighted by Crippen LogP contribution is 2.23. The summed E-state index contributed by atoms with van der Waals surface area (Å²) in [7, 11) is 3.52. The van der Waals surface area contributed by atoms with Gasteiger partial charge in [-0.15, -0.1) is 24.0 Å². The Morgan fingerprint density at radius 2 is 1.85 bits per heavy atom. The summed E-state index contributed by atoms with van der Waals surface area (Å²) in [6, 6.07) is 8.62. The molecule has 0 aliphatic carbocycles. The highest BCUT2D eigenvalue weighted by Gasteiger charge is 2.23. The van der Waals surface area contributed by atoms with E-state index < -0.39 is 0 Å². The van der Waals surface area contributed by atoms with Crippen molar-refractivity contribution in [3.63, 3.8) is 0 Å². The van der Waals surface area contributed by atoms with Crippen LogP contribution in [0.2, 0.25) is 0 Å². The minimum Gasteiger partial charge on any atom is -0.497 e. The lowest BCUT2D eigenvalue weighted by Crippen LogP contribution is -2.46. The zero-order valence-corrected chi connectivity index (χ0v) is 19.4. The molecule has 0 bridgehead atoms. The van der Waals surface area contributed by atoms with Crippen LogP contribution in [0.25, 0.3) is 0 Å². The summed E-state index contributed by atoms with van der Waals surface area (Å²) in [5.41, 5.74) is 1.28. The van der Waals surface area contributed by atoms with Crippen molar-refractivity contribution in [2.24, 2.45) is 10.9 Å². The second-order valence-electron chi connectivity index (χ2n) is 7.00. The summed E-state index contributed by atoms with van der Waals surface area (Å²) in [5, 5.41) is 6.90. The third kappa shape index (κ3) is 8.23. The van der Waals surface area contributed by atoms with Crippen LogP contribution in [0.1, 0.15) is 31.9 Å². The summed E-state index contributed by atoms with van der Waals surface area (Å²) in [4.78, 5) is 6.83. The Kier molecular flexibility index (Phi) is 11.7. The van der Waals surface area contributed by atoms with Crippen molar-refractivity contribution in [2.75, 3.05) is 53.6 Å². The summed E-state index contributed by atoms with van der Waals surface area (Å²) >= 11 is 0. The molecular weight excluding hydrogens is 455 g/mol. The molecule has 6 nitrogen and oxygen atoms in total. The molecule has 1 fully saturated rings. The van der Waals surface area contributed by atoms with Crippen LogP contribution >= 0.6 is 24.0 Å². The molecule has 0 aromatic heterocycles. The predicted octanol–water partition coefficient (Wildman–Crippen LogP) is 2.90. The first-order valence-corrected chi connectivity index (χ1v) is 9.54. The summed E-state index contributed by atoms with van der Waals surface area (Å²) in [6.45, 7) is 9.65. The van der Waals surface area contributed by atoms with Gasteiger partial charge in [-0.2, -0.15) is 0 Å². The highest BCUT2D eigenvalue weighted by atomic mass is 127. The lowest BCUT2D eigenvalue weighted by Gasteiger charge is -2.35. The van der Waals surface area contributed by atoms with Crippen LogP contribution in [0.5, 0.6) is 5.75 Å². The summed E-state index contributed by atoms with van der Waals surface area (Å²) in [5.74, 6) is 2.42. The van der Waals surface area contributed by atoms with Crippen molar-refractivity contribution >= 4 is 29.9 Å². The van der Waals surface area contributed by atoms with Gasteiger partial charge in [-0.25, -0.2) is 0 Å². The highest BCUT2D eigenvalue weighted by molar-refractivity contribution is 14.0. The van der Waals surface area contributed by atoms with Gasteiger partial charge >= 0.3 is 0 Å². The molecule has 0 spiro atoms. The van der Waals surface area contributed by atoms with E-state index in [1.54, 1.807) is 7.11 Å². The normalized spacial score (nSPS) is 16.6. The SMILES string of the molecule is CN=C(NCCC(C)C)NCC(c1ccc(OC)cc1)N1CCOCC1.I. The minimum atomic E-state index is 0. The van der Waals surface area contributed by atoms with E-state index in [1.165, 1.54) is 5.56 Å². The first-order chi connectivity index (χ1) is 12.6. The molecule has 1 aliphatic heterocycles. The maximum atomic E-state index is 5.53. The predicted molar refractivity (Wildman–Crippen MR) is 122 cm³/mol. The number of methoxy groups -OCH3 is 1. The van der Waals surface area contributed by atoms with E-state index in [9.17, 15) is 0 Å². The average Bonchev–Trinajstić information content (AvgIpc) is 2.67. The third-order valence-electron chi connectivity index (χ3n) is 4.69. The van der Waals surface area contributed by atoms with Crippen molar-refractivity contribution in [1.82, 2.24) is 15.5 Å². The van der Waals surface area contributed by atoms with Crippen LogP contribution < -0.4 is 15.4 Å². The minimum absolute atomic E-state index is 0. The first-order valence-electron chi connectivity index (χ1n) is 9.54. The van der Waals surface area contributed by atoms with Crippen LogP contribution in [0, 0.1) is 5.92 Å². The van der Waals surface area contributed by atoms with Crippen LogP contribution in [-0.2, 0) is 4.74 Å². The van der Waals surface area contributed by atoms with E-state index in [-0.39, 0.29) is 30.0 Å². The Morgan fingerprint density at radius 3 is 2.41 bits per heavy atom. The summed E-state index contributed by atoms with van der Waals surface area (Å²) < 4.78 is 10.8. The number of benzene rings is 1. The monoisotopic (exact) mass is 490 g/mol. The van der Waals surface area contributed by atoms with Crippen LogP contribution in [0.15, 0.2) is 29.3 Å². The van der Waals surface area contributed by atoms with E-state index in [1.807, 2.05) is 19.2 Å². The molecule has 1 atom stereocenters. The molecule has 1 aromatic carbocycles. The molecule has 27 heavy (non-hydrogen) atoms. The Balaban J connectivity index is 0.00000364. The van der Waals surface area contributed by atoms with Gasteiger partial charge in [-0.1, -0.05) is 26.0 Å². The Bertz CT molecular complexity index is 545. The molecule has 0 amide bonds. The first kappa shape index (κ1) is 24.0. The number of hydrogen-bond acceptors (Lipinski definition) is 4. The zero-order valence-electron chi connectivity index (χ0n) is 17.0. The number of rotatable bonds is 8. The molecular formula is C20H35IN4O2. The maximum absolute atomic E-state index is 5.53. The van der Waals surface area contributed by atoms with Crippen LogP contribution in [0.4, 0.5) is 0 Å². The van der Waals surface area contributed by atoms with Gasteiger partial charge < -0.3 is 20.1 Å². The molecule has 7 heteroatoms. The third-order valence-corrected chi connectivity index (χ3v) is 4.69. The second-order valence-corrected chi connectivity index (χ2v) is 7.00. The molecule has 1 aromatic rings. The van der Waals surface area contributed by atoms with Crippen LogP contribution in [0.3, 0.4) is 0 Å². The van der Waals surface area contributed by atoms with Gasteiger partial charge in [0.25, 0.3) is 0 Å². The standard InChI is InChI=1S/C20H34N4O2.HI/c1-16(2)9-10-22-20(21-3)23-15-19(24-11-13-26-14-12-24)17-5-7-18(25-4)8-6-17;/h5-8,16,19H,9-15H2,1-4H3,(H2,21,22,23);1H. The quantitative estimate of drug-likeness (QED) is 0.334. The fourth-order valence-corrected chi connectivity index (χ4v) is 3.07. The lowest BCUT2D eigenvalue weighted by molar-refractivity contribution is 0.0170. The van der Waals surface area contributed by atoms with E-state index >= 15 is 0 Å². The van der Waals surface area contributed by atoms with Gasteiger partial charge in [-0.05, 0) is 30.0 Å². The van der Waals surface area contributed by atoms with Gasteiger partial charge in [-0.3, -0.25) is 9.89 Å². The number of guanidine groups is 1. The Labute approximate surface area is 181 Å². The molecule has 1 unspecified atom stereocenters. The van der Waals surface area contributed by atoms with E-state index in [0.717, 1.165) is 57.5 Å². The maximum Gasteiger partial charge on any atom is 0.191 e. The summed E-state index contributed by atoms with van der Waals surface area (Å²) in [6.07, 6.45) is 1.13. The van der Waals surface area contributed by atoms with Crippen molar-refractivity contribution in [3.8, 4) is 5.75 Å². The fraction of sp³-hybridized carbons (Fsp3) is 0.650. The van der Waals surface area contributed by atoms with E-state index in [0.29, 0.717) is 5.92 Å². The van der Waals surface area contributed by atoms with Gasteiger partial charge in [0.05, 0.1) is 26.4 Å². The molecule has 154 valence electrons. The average molecular weight is 490 g/mol. The molecule has 2 N–H and O–H groups in total. The fourth-order valence-electron chi connectivity index (χ4n) is 3.07. The zero-order chi connectivity index (χ0) is 18.8. The van der Waals surface area contributed by atoms with E-state index in [4.69, 9.17) is 9.47 Å². The van der Waals surface area contributed by atoms with Gasteiger partial charge in [0.15, 0.2) is 5.96 Å². The molecule has 0 radical (unpaired) electrons. The van der Waals surface area contributed by atoms with Gasteiger partial charge in [0.2, 0.25) is 0 Å². The largest absolute Gasteiger partial charge is 0.497 e. The Hall–Kier alpha value is -1.06. The second kappa shape index (κ2) is 13.2. The van der Waals surface area contributed by atoms with E-state index in [2.05, 4.69) is 46.5 Å². The van der Waals surface area contributed by atoms with Gasteiger partial charge in [0, 0.05) is 33.2 Å². The van der Waals surface area contributed by atoms with Crippen molar-refractivity contribution in [3.05, 3.63) is 29.8 Å². The number of halogens is 1. The molecule has 2 rings (SSSR count).